The third-order valence-electron chi connectivity index (χ3n) is 5.52. The number of carbonyl (C=O) groups excluding carboxylic acids is 2. The van der Waals surface area contributed by atoms with Crippen LogP contribution in [0.15, 0.2) is 35.7 Å². The van der Waals surface area contributed by atoms with Crippen LogP contribution in [-0.2, 0) is 19.4 Å². The average Bonchev–Trinajstić information content (AvgIpc) is 3.09. The quantitative estimate of drug-likeness (QED) is 0.706. The first-order valence-corrected chi connectivity index (χ1v) is 11.7. The summed E-state index contributed by atoms with van der Waals surface area (Å²) in [6.45, 7) is 5.41. The van der Waals surface area contributed by atoms with Gasteiger partial charge in [-0.05, 0) is 30.4 Å². The third kappa shape index (κ3) is 5.38. The molecule has 0 spiro atoms. The lowest BCUT2D eigenvalue weighted by Gasteiger charge is -2.38. The van der Waals surface area contributed by atoms with E-state index in [4.69, 9.17) is 4.74 Å². The molecule has 1 aromatic rings. The maximum absolute atomic E-state index is 12.5. The molecule has 29 heavy (non-hydrogen) atoms. The highest BCUT2D eigenvalue weighted by Crippen LogP contribution is 2.27. The summed E-state index contributed by atoms with van der Waals surface area (Å²) in [5.41, 5.74) is 0.765. The summed E-state index contributed by atoms with van der Waals surface area (Å²) in [5, 5.41) is 1.10. The molecule has 0 saturated carbocycles. The van der Waals surface area contributed by atoms with E-state index in [-0.39, 0.29) is 18.2 Å². The fourth-order valence-electron chi connectivity index (χ4n) is 3.83. The zero-order valence-electron chi connectivity index (χ0n) is 16.9. The number of likely N-dealkylation sites (tertiary alicyclic amines) is 1. The molecule has 2 heterocycles. The van der Waals surface area contributed by atoms with Crippen molar-refractivity contribution in [3.63, 3.8) is 0 Å². The van der Waals surface area contributed by atoms with E-state index >= 15 is 0 Å². The predicted molar refractivity (Wildman–Crippen MR) is 111 cm³/mol. The Kier molecular flexibility index (Phi) is 6.62. The Balaban J connectivity index is 1.54. The van der Waals surface area contributed by atoms with Gasteiger partial charge in [0.2, 0.25) is 5.91 Å². The molecule has 2 aliphatic heterocycles. The van der Waals surface area contributed by atoms with Gasteiger partial charge in [0.15, 0.2) is 9.84 Å². The number of carbonyl (C=O) groups is 2. The van der Waals surface area contributed by atoms with Crippen LogP contribution in [0.4, 0.5) is 4.79 Å². The van der Waals surface area contributed by atoms with Gasteiger partial charge in [-0.15, -0.1) is 0 Å². The molecule has 0 radical (unpaired) electrons. The number of amides is 2. The zero-order valence-corrected chi connectivity index (χ0v) is 17.7. The number of cyclic esters (lactones) is 1. The number of rotatable bonds is 6. The molecule has 0 aliphatic carbocycles. The Morgan fingerprint density at radius 2 is 1.86 bits per heavy atom. The van der Waals surface area contributed by atoms with Crippen LogP contribution in [0.3, 0.4) is 0 Å². The standard InChI is InChI=1S/C21H28N2O5S/c1-16(2)19-14-28-21(25)23(19)18-8-11-22(12-9-18)20(24)15-29(26,27)13-10-17-6-4-3-5-7-17/h3-7,10,13,16,18-19H,8-9,11-12,14-15H2,1-2H3. The van der Waals surface area contributed by atoms with Crippen LogP contribution in [0.5, 0.6) is 0 Å². The molecule has 158 valence electrons. The molecule has 1 aromatic carbocycles. The Hall–Kier alpha value is -2.35. The van der Waals surface area contributed by atoms with E-state index in [1.165, 1.54) is 6.08 Å². The summed E-state index contributed by atoms with van der Waals surface area (Å²) >= 11 is 0. The molecule has 2 fully saturated rings. The lowest BCUT2D eigenvalue weighted by molar-refractivity contribution is -0.129. The summed E-state index contributed by atoms with van der Waals surface area (Å²) < 4.78 is 29.8. The molecule has 7 nitrogen and oxygen atoms in total. The first-order valence-electron chi connectivity index (χ1n) is 9.95. The van der Waals surface area contributed by atoms with Crippen LogP contribution in [0.1, 0.15) is 32.3 Å². The molecule has 3 rings (SSSR count). The number of ether oxygens (including phenoxy) is 1. The van der Waals surface area contributed by atoms with Gasteiger partial charge in [0, 0.05) is 24.5 Å². The van der Waals surface area contributed by atoms with Gasteiger partial charge in [-0.1, -0.05) is 44.2 Å². The van der Waals surface area contributed by atoms with E-state index in [0.717, 1.165) is 11.0 Å². The van der Waals surface area contributed by atoms with E-state index < -0.39 is 21.5 Å². The monoisotopic (exact) mass is 420 g/mol. The Labute approximate surface area is 172 Å². The molecule has 1 unspecified atom stereocenters. The number of nitrogens with zero attached hydrogens (tertiary/aromatic N) is 2. The van der Waals surface area contributed by atoms with Crippen molar-refractivity contribution in [2.45, 2.75) is 38.8 Å². The molecular formula is C21H28N2O5S. The Morgan fingerprint density at radius 1 is 1.21 bits per heavy atom. The van der Waals surface area contributed by atoms with Crippen molar-refractivity contribution in [3.8, 4) is 0 Å². The number of sulfone groups is 1. The molecule has 2 aliphatic rings. The highest BCUT2D eigenvalue weighted by molar-refractivity contribution is 7.95. The van der Waals surface area contributed by atoms with Crippen LogP contribution in [0.2, 0.25) is 0 Å². The normalized spacial score (nSPS) is 21.2. The van der Waals surface area contributed by atoms with Crippen LogP contribution in [0.25, 0.3) is 6.08 Å². The van der Waals surface area contributed by atoms with Gasteiger partial charge >= 0.3 is 6.09 Å². The number of hydrogen-bond acceptors (Lipinski definition) is 5. The zero-order chi connectivity index (χ0) is 21.0. The molecule has 2 amide bonds. The maximum atomic E-state index is 12.5. The van der Waals surface area contributed by atoms with Gasteiger partial charge < -0.3 is 9.64 Å². The molecule has 0 aromatic heterocycles. The average molecular weight is 421 g/mol. The van der Waals surface area contributed by atoms with Crippen LogP contribution < -0.4 is 0 Å². The van der Waals surface area contributed by atoms with E-state index in [9.17, 15) is 18.0 Å². The highest BCUT2D eigenvalue weighted by Gasteiger charge is 2.41. The van der Waals surface area contributed by atoms with Gasteiger partial charge in [0.05, 0.1) is 6.04 Å². The second kappa shape index (κ2) is 8.98. The Morgan fingerprint density at radius 3 is 2.48 bits per heavy atom. The summed E-state index contributed by atoms with van der Waals surface area (Å²) in [4.78, 5) is 28.0. The van der Waals surface area contributed by atoms with Gasteiger partial charge in [0.1, 0.15) is 12.4 Å². The fourth-order valence-corrected chi connectivity index (χ4v) is 4.82. The summed E-state index contributed by atoms with van der Waals surface area (Å²) in [5.74, 6) is -0.644. The smallest absolute Gasteiger partial charge is 0.410 e. The van der Waals surface area contributed by atoms with Crippen molar-refractivity contribution in [2.75, 3.05) is 25.4 Å². The minimum Gasteiger partial charge on any atom is -0.447 e. The molecule has 0 N–H and O–H groups in total. The van der Waals surface area contributed by atoms with Crippen LogP contribution in [0, 0.1) is 5.92 Å². The van der Waals surface area contributed by atoms with Crippen molar-refractivity contribution in [2.24, 2.45) is 5.92 Å². The lowest BCUT2D eigenvalue weighted by Crippen LogP contribution is -2.51. The molecule has 0 bridgehead atoms. The molecule has 8 heteroatoms. The topological polar surface area (TPSA) is 84.0 Å². The second-order valence-corrected chi connectivity index (χ2v) is 9.81. The minimum atomic E-state index is -3.64. The van der Waals surface area contributed by atoms with Crippen molar-refractivity contribution in [1.29, 1.82) is 0 Å². The van der Waals surface area contributed by atoms with Gasteiger partial charge in [0.25, 0.3) is 0 Å². The summed E-state index contributed by atoms with van der Waals surface area (Å²) in [6, 6.07) is 9.17. The van der Waals surface area contributed by atoms with Crippen LogP contribution >= 0.6 is 0 Å². The highest BCUT2D eigenvalue weighted by atomic mass is 32.2. The van der Waals surface area contributed by atoms with E-state index in [0.29, 0.717) is 38.5 Å². The van der Waals surface area contributed by atoms with E-state index in [2.05, 4.69) is 13.8 Å². The predicted octanol–water partition coefficient (Wildman–Crippen LogP) is 2.54. The SMILES string of the molecule is CC(C)C1COC(=O)N1C1CCN(C(=O)CS(=O)(=O)C=Cc2ccccc2)CC1. The molecule has 1 atom stereocenters. The fraction of sp³-hybridized carbons (Fsp3) is 0.524. The van der Waals surface area contributed by atoms with E-state index in [1.54, 1.807) is 17.0 Å². The summed E-state index contributed by atoms with van der Waals surface area (Å²) in [6.07, 6.45) is 2.47. The maximum Gasteiger partial charge on any atom is 0.410 e. The van der Waals surface area contributed by atoms with Crippen molar-refractivity contribution >= 4 is 27.9 Å². The second-order valence-electron chi connectivity index (χ2n) is 7.93. The first kappa shape index (κ1) is 21.4. The first-order chi connectivity index (χ1) is 13.8. The molecule has 2 saturated heterocycles. The van der Waals surface area contributed by atoms with Crippen molar-refractivity contribution < 1.29 is 22.7 Å². The number of hydrogen-bond donors (Lipinski definition) is 0. The summed E-state index contributed by atoms with van der Waals surface area (Å²) in [7, 11) is -3.64. The van der Waals surface area contributed by atoms with Crippen LogP contribution in [-0.4, -0.2) is 67.8 Å². The molecular weight excluding hydrogens is 392 g/mol. The van der Waals surface area contributed by atoms with Gasteiger partial charge in [-0.2, -0.15) is 0 Å². The van der Waals surface area contributed by atoms with Crippen molar-refractivity contribution in [1.82, 2.24) is 9.80 Å². The minimum absolute atomic E-state index is 0.0241. The van der Waals surface area contributed by atoms with Crippen molar-refractivity contribution in [3.05, 3.63) is 41.3 Å². The van der Waals surface area contributed by atoms with Gasteiger partial charge in [-0.3, -0.25) is 9.69 Å². The number of piperidine rings is 1. The van der Waals surface area contributed by atoms with Gasteiger partial charge in [-0.25, -0.2) is 13.2 Å². The lowest BCUT2D eigenvalue weighted by atomic mass is 9.98. The Bertz CT molecular complexity index is 858. The third-order valence-corrected chi connectivity index (χ3v) is 6.72. The largest absolute Gasteiger partial charge is 0.447 e. The number of benzene rings is 1. The van der Waals surface area contributed by atoms with E-state index in [1.807, 2.05) is 23.1 Å².